The number of carbonyl (C=O) groups is 2. The van der Waals surface area contributed by atoms with Crippen molar-refractivity contribution in [2.75, 3.05) is 25.5 Å². The molecule has 1 aromatic rings. The largest absolute Gasteiger partial charge is 0.469 e. The third-order valence-electron chi connectivity index (χ3n) is 3.51. The van der Waals surface area contributed by atoms with Gasteiger partial charge in [-0.1, -0.05) is 22.0 Å². The van der Waals surface area contributed by atoms with Gasteiger partial charge in [0.15, 0.2) is 0 Å². The lowest BCUT2D eigenvalue weighted by Crippen LogP contribution is -2.37. The number of anilines is 1. The zero-order chi connectivity index (χ0) is 14.8. The molecule has 0 aliphatic carbocycles. The Kier molecular flexibility index (Phi) is 4.32. The Labute approximate surface area is 126 Å². The van der Waals surface area contributed by atoms with Crippen molar-refractivity contribution in [3.05, 3.63) is 28.7 Å². The predicted molar refractivity (Wildman–Crippen MR) is 79.5 cm³/mol. The number of esters is 1. The van der Waals surface area contributed by atoms with E-state index in [2.05, 4.69) is 21.2 Å². The van der Waals surface area contributed by atoms with Crippen LogP contribution in [0.1, 0.15) is 13.3 Å². The Morgan fingerprint density at radius 1 is 1.45 bits per heavy atom. The number of hydrogen-bond acceptors (Lipinski definition) is 3. The van der Waals surface area contributed by atoms with Crippen LogP contribution in [0.3, 0.4) is 0 Å². The highest BCUT2D eigenvalue weighted by molar-refractivity contribution is 9.10. The first-order valence-electron chi connectivity index (χ1n) is 6.34. The van der Waals surface area contributed by atoms with Gasteiger partial charge < -0.3 is 15.0 Å². The van der Waals surface area contributed by atoms with Gasteiger partial charge in [0.1, 0.15) is 0 Å². The molecule has 1 atom stereocenters. The number of hydrogen-bond donors (Lipinski definition) is 1. The van der Waals surface area contributed by atoms with E-state index in [4.69, 9.17) is 4.74 Å². The Balaban J connectivity index is 2.00. The third-order valence-corrected chi connectivity index (χ3v) is 4.01. The number of likely N-dealkylation sites (tertiary alicyclic amines) is 1. The zero-order valence-electron chi connectivity index (χ0n) is 11.5. The summed E-state index contributed by atoms with van der Waals surface area (Å²) in [4.78, 5) is 25.5. The molecule has 1 saturated heterocycles. The van der Waals surface area contributed by atoms with Crippen molar-refractivity contribution < 1.29 is 14.3 Å². The number of carbonyl (C=O) groups excluding carboxylic acids is 2. The van der Waals surface area contributed by atoms with Gasteiger partial charge in [-0.25, -0.2) is 4.79 Å². The number of methoxy groups -OCH3 is 1. The third kappa shape index (κ3) is 3.12. The van der Waals surface area contributed by atoms with Crippen molar-refractivity contribution >= 4 is 33.6 Å². The van der Waals surface area contributed by atoms with Crippen LogP contribution in [-0.2, 0) is 9.53 Å². The van der Waals surface area contributed by atoms with E-state index >= 15 is 0 Å². The normalized spacial score (nSPS) is 21.6. The summed E-state index contributed by atoms with van der Waals surface area (Å²) < 4.78 is 5.69. The number of halogens is 1. The first-order chi connectivity index (χ1) is 9.44. The molecule has 1 aliphatic heterocycles. The molecule has 1 aliphatic rings. The van der Waals surface area contributed by atoms with Crippen molar-refractivity contribution in [1.82, 2.24) is 4.90 Å². The van der Waals surface area contributed by atoms with E-state index in [-0.39, 0.29) is 12.0 Å². The highest BCUT2D eigenvalue weighted by Gasteiger charge is 2.43. The first-order valence-corrected chi connectivity index (χ1v) is 7.14. The molecule has 1 N–H and O–H groups in total. The van der Waals surface area contributed by atoms with E-state index in [1.165, 1.54) is 7.11 Å². The van der Waals surface area contributed by atoms with E-state index in [1.54, 1.807) is 4.90 Å². The van der Waals surface area contributed by atoms with Crippen LogP contribution in [0.25, 0.3) is 0 Å². The van der Waals surface area contributed by atoms with Gasteiger partial charge in [-0.15, -0.1) is 0 Å². The van der Waals surface area contributed by atoms with Gasteiger partial charge in [0.25, 0.3) is 0 Å². The van der Waals surface area contributed by atoms with Crippen LogP contribution >= 0.6 is 15.9 Å². The SMILES string of the molecule is COC(=O)[C@@]1(C)CCN(C(=O)Nc2cccc(Br)c2)C1. The molecule has 0 bridgehead atoms. The summed E-state index contributed by atoms with van der Waals surface area (Å²) in [6.07, 6.45) is 0.617. The van der Waals surface area contributed by atoms with E-state index in [1.807, 2.05) is 31.2 Å². The molecule has 0 unspecified atom stereocenters. The monoisotopic (exact) mass is 340 g/mol. The molecule has 1 fully saturated rings. The molecular formula is C14H17BrN2O3. The lowest BCUT2D eigenvalue weighted by Gasteiger charge is -2.22. The second kappa shape index (κ2) is 5.83. The summed E-state index contributed by atoms with van der Waals surface area (Å²) in [6, 6.07) is 7.18. The minimum atomic E-state index is -0.608. The molecular weight excluding hydrogens is 324 g/mol. The topological polar surface area (TPSA) is 58.6 Å². The van der Waals surface area contributed by atoms with Crippen LogP contribution in [0.2, 0.25) is 0 Å². The van der Waals surface area contributed by atoms with Gasteiger partial charge in [-0.05, 0) is 31.5 Å². The second-order valence-electron chi connectivity index (χ2n) is 5.16. The molecule has 2 rings (SSSR count). The van der Waals surface area contributed by atoms with Crippen molar-refractivity contribution in [3.8, 4) is 0 Å². The Morgan fingerprint density at radius 2 is 2.20 bits per heavy atom. The first kappa shape index (κ1) is 14.8. The molecule has 1 heterocycles. The standard InChI is InChI=1S/C14H17BrN2O3/c1-14(12(18)20-2)6-7-17(9-14)13(19)16-11-5-3-4-10(15)8-11/h3-5,8H,6-7,9H2,1-2H3,(H,16,19)/t14-/m0/s1. The molecule has 0 saturated carbocycles. The van der Waals surface area contributed by atoms with Crippen LogP contribution in [0.15, 0.2) is 28.7 Å². The number of nitrogens with zero attached hydrogens (tertiary/aromatic N) is 1. The van der Waals surface area contributed by atoms with Gasteiger partial charge in [0.2, 0.25) is 0 Å². The van der Waals surface area contributed by atoms with Crippen molar-refractivity contribution in [2.45, 2.75) is 13.3 Å². The van der Waals surface area contributed by atoms with Crippen LogP contribution in [0, 0.1) is 5.41 Å². The Morgan fingerprint density at radius 3 is 2.85 bits per heavy atom. The maximum atomic E-state index is 12.2. The van der Waals surface area contributed by atoms with E-state index in [0.717, 1.165) is 10.2 Å². The summed E-state index contributed by atoms with van der Waals surface area (Å²) >= 11 is 3.36. The fourth-order valence-corrected chi connectivity index (χ4v) is 2.72. The fraction of sp³-hybridized carbons (Fsp3) is 0.429. The molecule has 5 nitrogen and oxygen atoms in total. The van der Waals surface area contributed by atoms with Crippen LogP contribution < -0.4 is 5.32 Å². The van der Waals surface area contributed by atoms with E-state index in [9.17, 15) is 9.59 Å². The molecule has 6 heteroatoms. The lowest BCUT2D eigenvalue weighted by molar-refractivity contribution is -0.150. The Bertz CT molecular complexity index is 535. The molecule has 20 heavy (non-hydrogen) atoms. The molecule has 1 aromatic carbocycles. The maximum Gasteiger partial charge on any atom is 0.321 e. The minimum Gasteiger partial charge on any atom is -0.469 e. The highest BCUT2D eigenvalue weighted by atomic mass is 79.9. The van der Waals surface area contributed by atoms with E-state index in [0.29, 0.717) is 19.5 Å². The average molecular weight is 341 g/mol. The quantitative estimate of drug-likeness (QED) is 0.842. The fourth-order valence-electron chi connectivity index (χ4n) is 2.32. The highest BCUT2D eigenvalue weighted by Crippen LogP contribution is 2.31. The molecule has 0 spiro atoms. The Hall–Kier alpha value is -1.56. The van der Waals surface area contributed by atoms with Crippen LogP contribution in [0.4, 0.5) is 10.5 Å². The minimum absolute atomic E-state index is 0.198. The summed E-state index contributed by atoms with van der Waals surface area (Å²) in [7, 11) is 1.37. The zero-order valence-corrected chi connectivity index (χ0v) is 13.1. The average Bonchev–Trinajstić information content (AvgIpc) is 2.82. The number of ether oxygens (including phenoxy) is 1. The summed E-state index contributed by atoms with van der Waals surface area (Å²) in [5, 5.41) is 2.82. The van der Waals surface area contributed by atoms with Crippen molar-refractivity contribution in [3.63, 3.8) is 0 Å². The molecule has 0 radical (unpaired) electrons. The molecule has 2 amide bonds. The summed E-state index contributed by atoms with van der Waals surface area (Å²) in [5.41, 5.74) is 0.111. The number of benzene rings is 1. The van der Waals surface area contributed by atoms with Gasteiger partial charge in [0, 0.05) is 23.2 Å². The van der Waals surface area contributed by atoms with Crippen LogP contribution in [-0.4, -0.2) is 37.1 Å². The number of rotatable bonds is 2. The van der Waals surface area contributed by atoms with Crippen molar-refractivity contribution in [1.29, 1.82) is 0 Å². The maximum absolute atomic E-state index is 12.2. The van der Waals surface area contributed by atoms with Crippen molar-refractivity contribution in [2.24, 2.45) is 5.41 Å². The lowest BCUT2D eigenvalue weighted by atomic mass is 9.90. The summed E-state index contributed by atoms with van der Waals surface area (Å²) in [6.45, 7) is 2.75. The second-order valence-corrected chi connectivity index (χ2v) is 6.08. The van der Waals surface area contributed by atoms with E-state index < -0.39 is 5.41 Å². The predicted octanol–water partition coefficient (Wildman–Crippen LogP) is 2.87. The smallest absolute Gasteiger partial charge is 0.321 e. The van der Waals surface area contributed by atoms with Gasteiger partial charge in [-0.3, -0.25) is 4.79 Å². The van der Waals surface area contributed by atoms with Gasteiger partial charge in [0.05, 0.1) is 12.5 Å². The number of nitrogens with one attached hydrogen (secondary N) is 1. The van der Waals surface area contributed by atoms with Gasteiger partial charge in [-0.2, -0.15) is 0 Å². The van der Waals surface area contributed by atoms with Gasteiger partial charge >= 0.3 is 12.0 Å². The molecule has 0 aromatic heterocycles. The number of urea groups is 1. The van der Waals surface area contributed by atoms with Crippen LogP contribution in [0.5, 0.6) is 0 Å². The summed E-state index contributed by atoms with van der Waals surface area (Å²) in [5.74, 6) is -0.268. The molecule has 108 valence electrons. The number of amides is 2.